The summed E-state index contributed by atoms with van der Waals surface area (Å²) in [5.41, 5.74) is 0. The van der Waals surface area contributed by atoms with E-state index < -0.39 is 0 Å². The van der Waals surface area contributed by atoms with Crippen molar-refractivity contribution < 1.29 is 0 Å². The lowest BCUT2D eigenvalue weighted by molar-refractivity contribution is 0.286. The summed E-state index contributed by atoms with van der Waals surface area (Å²) in [6.45, 7) is 9.57. The van der Waals surface area contributed by atoms with E-state index in [-0.39, 0.29) is 0 Å². The topological polar surface area (TPSA) is 0 Å². The van der Waals surface area contributed by atoms with Crippen LogP contribution < -0.4 is 0 Å². The van der Waals surface area contributed by atoms with Crippen LogP contribution in [0.2, 0.25) is 0 Å². The van der Waals surface area contributed by atoms with Crippen molar-refractivity contribution in [1.29, 1.82) is 0 Å². The molecule has 0 aliphatic heterocycles. The first-order valence-electron chi connectivity index (χ1n) is 5.15. The third kappa shape index (κ3) is 1.98. The van der Waals surface area contributed by atoms with Gasteiger partial charge in [0.25, 0.3) is 0 Å². The van der Waals surface area contributed by atoms with E-state index in [0.717, 1.165) is 23.7 Å². The van der Waals surface area contributed by atoms with Gasteiger partial charge in [-0.25, -0.2) is 0 Å². The Hall–Kier alpha value is 0. The third-order valence-electron chi connectivity index (χ3n) is 3.55. The highest BCUT2D eigenvalue weighted by Crippen LogP contribution is 2.40. The van der Waals surface area contributed by atoms with Gasteiger partial charge in [0.05, 0.1) is 0 Å². The van der Waals surface area contributed by atoms with E-state index in [1.807, 2.05) is 0 Å². The van der Waals surface area contributed by atoms with E-state index >= 15 is 0 Å². The van der Waals surface area contributed by atoms with Crippen LogP contribution in [0, 0.1) is 23.7 Å². The van der Waals surface area contributed by atoms with E-state index in [0.29, 0.717) is 0 Å². The van der Waals surface area contributed by atoms with Crippen LogP contribution in [-0.2, 0) is 0 Å². The zero-order chi connectivity index (χ0) is 8.43. The van der Waals surface area contributed by atoms with Crippen LogP contribution >= 0.6 is 0 Å². The van der Waals surface area contributed by atoms with Gasteiger partial charge in [-0.1, -0.05) is 34.1 Å². The summed E-state index contributed by atoms with van der Waals surface area (Å²) in [4.78, 5) is 0. The molecule has 1 rings (SSSR count). The lowest BCUT2D eigenvalue weighted by Crippen LogP contribution is -2.13. The van der Waals surface area contributed by atoms with Crippen LogP contribution in [0.1, 0.15) is 47.0 Å². The molecule has 11 heavy (non-hydrogen) atoms. The highest BCUT2D eigenvalue weighted by atomic mass is 14.4. The standard InChI is InChI=1S/C11H22/c1-5-9(3)11-7-8(2)6-10(11)4/h8-11H,5-7H2,1-4H3/t8?,9?,10-,11-/m1/s1. The first-order valence-corrected chi connectivity index (χ1v) is 5.15. The van der Waals surface area contributed by atoms with Crippen LogP contribution in [0.3, 0.4) is 0 Å². The molecule has 4 atom stereocenters. The quantitative estimate of drug-likeness (QED) is 0.568. The Labute approximate surface area is 71.4 Å². The SMILES string of the molecule is CCC(C)[C@H]1CC(C)C[C@H]1C. The predicted octanol–water partition coefficient (Wildman–Crippen LogP) is 3.71. The average Bonchev–Trinajstić information content (AvgIpc) is 2.28. The van der Waals surface area contributed by atoms with Crippen molar-refractivity contribution in [3.05, 3.63) is 0 Å². The molecule has 0 amide bonds. The summed E-state index contributed by atoms with van der Waals surface area (Å²) >= 11 is 0. The summed E-state index contributed by atoms with van der Waals surface area (Å²) in [6, 6.07) is 0. The fourth-order valence-electron chi connectivity index (χ4n) is 2.70. The molecule has 0 spiro atoms. The molecule has 0 heterocycles. The molecule has 0 aromatic rings. The van der Waals surface area contributed by atoms with Crippen molar-refractivity contribution in [1.82, 2.24) is 0 Å². The Kier molecular flexibility index (Phi) is 2.98. The lowest BCUT2D eigenvalue weighted by atomic mass is 9.84. The van der Waals surface area contributed by atoms with Crippen LogP contribution in [0.25, 0.3) is 0 Å². The number of hydrogen-bond acceptors (Lipinski definition) is 0. The van der Waals surface area contributed by atoms with Crippen molar-refractivity contribution in [2.45, 2.75) is 47.0 Å². The van der Waals surface area contributed by atoms with Gasteiger partial charge in [-0.15, -0.1) is 0 Å². The molecule has 0 radical (unpaired) electrons. The second kappa shape index (κ2) is 3.60. The largest absolute Gasteiger partial charge is 0.0651 e. The molecule has 0 aromatic heterocycles. The molecule has 66 valence electrons. The fraction of sp³-hybridized carbons (Fsp3) is 1.00. The average molecular weight is 154 g/mol. The summed E-state index contributed by atoms with van der Waals surface area (Å²) in [7, 11) is 0. The van der Waals surface area contributed by atoms with Crippen molar-refractivity contribution >= 4 is 0 Å². The monoisotopic (exact) mass is 154 g/mol. The van der Waals surface area contributed by atoms with E-state index in [9.17, 15) is 0 Å². The molecule has 2 unspecified atom stereocenters. The zero-order valence-electron chi connectivity index (χ0n) is 8.43. The van der Waals surface area contributed by atoms with Crippen molar-refractivity contribution in [3.63, 3.8) is 0 Å². The van der Waals surface area contributed by atoms with Gasteiger partial charge in [-0.3, -0.25) is 0 Å². The molecule has 0 heteroatoms. The molecule has 0 nitrogen and oxygen atoms in total. The Balaban J connectivity index is 2.45. The van der Waals surface area contributed by atoms with Crippen molar-refractivity contribution in [3.8, 4) is 0 Å². The van der Waals surface area contributed by atoms with Crippen LogP contribution in [0.5, 0.6) is 0 Å². The molecule has 1 aliphatic rings. The molecular formula is C11H22. The number of hydrogen-bond donors (Lipinski definition) is 0. The van der Waals surface area contributed by atoms with Crippen LogP contribution in [-0.4, -0.2) is 0 Å². The Morgan fingerprint density at radius 1 is 1.27 bits per heavy atom. The molecule has 0 aromatic carbocycles. The van der Waals surface area contributed by atoms with Gasteiger partial charge in [0.1, 0.15) is 0 Å². The lowest BCUT2D eigenvalue weighted by Gasteiger charge is -2.21. The smallest absolute Gasteiger partial charge is 0.0360 e. The molecule has 1 fully saturated rings. The fourth-order valence-corrected chi connectivity index (χ4v) is 2.70. The first-order chi connectivity index (χ1) is 5.15. The van der Waals surface area contributed by atoms with Crippen LogP contribution in [0.15, 0.2) is 0 Å². The highest BCUT2D eigenvalue weighted by Gasteiger charge is 2.31. The van der Waals surface area contributed by atoms with Gasteiger partial charge in [0.2, 0.25) is 0 Å². The van der Waals surface area contributed by atoms with E-state index in [4.69, 9.17) is 0 Å². The van der Waals surface area contributed by atoms with Gasteiger partial charge >= 0.3 is 0 Å². The Morgan fingerprint density at radius 2 is 1.91 bits per heavy atom. The predicted molar refractivity (Wildman–Crippen MR) is 50.5 cm³/mol. The van der Waals surface area contributed by atoms with Gasteiger partial charge < -0.3 is 0 Å². The molecule has 1 aliphatic carbocycles. The molecule has 0 N–H and O–H groups in total. The van der Waals surface area contributed by atoms with Gasteiger partial charge in [-0.2, -0.15) is 0 Å². The van der Waals surface area contributed by atoms with Crippen LogP contribution in [0.4, 0.5) is 0 Å². The maximum absolute atomic E-state index is 2.43. The summed E-state index contributed by atoms with van der Waals surface area (Å²) < 4.78 is 0. The minimum Gasteiger partial charge on any atom is -0.0651 e. The van der Waals surface area contributed by atoms with E-state index in [1.54, 1.807) is 0 Å². The Bertz CT molecular complexity index is 113. The minimum atomic E-state index is 0.954. The summed E-state index contributed by atoms with van der Waals surface area (Å²) in [5.74, 6) is 3.95. The molecular weight excluding hydrogens is 132 g/mol. The summed E-state index contributed by atoms with van der Waals surface area (Å²) in [6.07, 6.45) is 4.31. The van der Waals surface area contributed by atoms with Crippen molar-refractivity contribution in [2.75, 3.05) is 0 Å². The Morgan fingerprint density at radius 3 is 2.27 bits per heavy atom. The number of rotatable bonds is 2. The van der Waals surface area contributed by atoms with Gasteiger partial charge in [0.15, 0.2) is 0 Å². The maximum Gasteiger partial charge on any atom is -0.0360 e. The molecule has 0 saturated heterocycles. The van der Waals surface area contributed by atoms with E-state index in [2.05, 4.69) is 27.7 Å². The van der Waals surface area contributed by atoms with Gasteiger partial charge in [-0.05, 0) is 36.5 Å². The summed E-state index contributed by atoms with van der Waals surface area (Å²) in [5, 5.41) is 0. The van der Waals surface area contributed by atoms with Crippen molar-refractivity contribution in [2.24, 2.45) is 23.7 Å². The third-order valence-corrected chi connectivity index (χ3v) is 3.55. The minimum absolute atomic E-state index is 0.954. The zero-order valence-corrected chi connectivity index (χ0v) is 8.43. The molecule has 0 bridgehead atoms. The normalized spacial score (nSPS) is 40.9. The van der Waals surface area contributed by atoms with Gasteiger partial charge in [0, 0.05) is 0 Å². The second-order valence-electron chi connectivity index (χ2n) is 4.60. The second-order valence-corrected chi connectivity index (χ2v) is 4.60. The maximum atomic E-state index is 2.43. The first kappa shape index (κ1) is 9.09. The molecule has 1 saturated carbocycles. The van der Waals surface area contributed by atoms with E-state index in [1.165, 1.54) is 19.3 Å². The highest BCUT2D eigenvalue weighted by molar-refractivity contribution is 4.81.